The van der Waals surface area contributed by atoms with Crippen molar-refractivity contribution < 1.29 is 4.79 Å². The van der Waals surface area contributed by atoms with E-state index in [-0.39, 0.29) is 5.91 Å². The summed E-state index contributed by atoms with van der Waals surface area (Å²) in [6, 6.07) is 14.1. The van der Waals surface area contributed by atoms with Crippen molar-refractivity contribution in [2.24, 2.45) is 0 Å². The van der Waals surface area contributed by atoms with Gasteiger partial charge >= 0.3 is 0 Å². The molecule has 1 amide bonds. The van der Waals surface area contributed by atoms with Crippen LogP contribution in [-0.4, -0.2) is 5.91 Å². The van der Waals surface area contributed by atoms with E-state index in [1.807, 2.05) is 31.2 Å². The van der Waals surface area contributed by atoms with E-state index in [1.165, 1.54) is 11.1 Å². The molecular formula is C18H22N2O. The van der Waals surface area contributed by atoms with Gasteiger partial charge in [-0.3, -0.25) is 4.79 Å². The van der Waals surface area contributed by atoms with Crippen LogP contribution in [0.2, 0.25) is 0 Å². The monoisotopic (exact) mass is 282 g/mol. The molecule has 21 heavy (non-hydrogen) atoms. The Hall–Kier alpha value is -2.29. The maximum absolute atomic E-state index is 11.5. The van der Waals surface area contributed by atoms with Crippen molar-refractivity contribution in [1.29, 1.82) is 0 Å². The van der Waals surface area contributed by atoms with Crippen molar-refractivity contribution >= 4 is 23.0 Å². The van der Waals surface area contributed by atoms with Crippen molar-refractivity contribution in [2.75, 3.05) is 10.6 Å². The fourth-order valence-corrected chi connectivity index (χ4v) is 2.20. The summed E-state index contributed by atoms with van der Waals surface area (Å²) in [5.74, 6) is 0.0626. The number of hydrogen-bond acceptors (Lipinski definition) is 2. The molecule has 0 radical (unpaired) electrons. The molecule has 110 valence electrons. The van der Waals surface area contributed by atoms with Gasteiger partial charge < -0.3 is 10.6 Å². The maximum atomic E-state index is 11.5. The first-order chi connectivity index (χ1) is 10.1. The van der Waals surface area contributed by atoms with Crippen LogP contribution in [0.4, 0.5) is 17.1 Å². The van der Waals surface area contributed by atoms with E-state index in [4.69, 9.17) is 0 Å². The number of aryl methyl sites for hydroxylation is 2. The smallest absolute Gasteiger partial charge is 0.224 e. The molecule has 2 rings (SSSR count). The summed E-state index contributed by atoms with van der Waals surface area (Å²) >= 11 is 0. The van der Waals surface area contributed by atoms with Crippen LogP contribution < -0.4 is 10.6 Å². The number of carbonyl (C=O) groups is 1. The third kappa shape index (κ3) is 4.35. The van der Waals surface area contributed by atoms with Crippen LogP contribution >= 0.6 is 0 Å². The first kappa shape index (κ1) is 15.1. The number of hydrogen-bond donors (Lipinski definition) is 2. The molecule has 0 heterocycles. The fraction of sp³-hybridized carbons (Fsp3) is 0.278. The van der Waals surface area contributed by atoms with E-state index >= 15 is 0 Å². The lowest BCUT2D eigenvalue weighted by atomic mass is 10.1. The average molecular weight is 282 g/mol. The molecule has 0 aliphatic carbocycles. The van der Waals surface area contributed by atoms with Crippen LogP contribution in [0.3, 0.4) is 0 Å². The average Bonchev–Trinajstić information content (AvgIpc) is 2.44. The summed E-state index contributed by atoms with van der Waals surface area (Å²) < 4.78 is 0. The van der Waals surface area contributed by atoms with Crippen LogP contribution in [0.25, 0.3) is 0 Å². The molecule has 3 nitrogen and oxygen atoms in total. The standard InChI is InChI=1S/C18H22N2O/c1-4-5-18(21)20-16-9-7-15(8-10-16)19-17-11-6-13(2)12-14(17)3/h6-12,19H,4-5H2,1-3H3,(H,20,21). The summed E-state index contributed by atoms with van der Waals surface area (Å²) in [7, 11) is 0. The van der Waals surface area contributed by atoms with Gasteiger partial charge in [-0.1, -0.05) is 24.6 Å². The molecule has 0 spiro atoms. The van der Waals surface area contributed by atoms with Crippen molar-refractivity contribution in [3.63, 3.8) is 0 Å². The second-order valence-corrected chi connectivity index (χ2v) is 5.32. The van der Waals surface area contributed by atoms with Crippen molar-refractivity contribution in [3.8, 4) is 0 Å². The fourth-order valence-electron chi connectivity index (χ4n) is 2.20. The second-order valence-electron chi connectivity index (χ2n) is 5.32. The van der Waals surface area contributed by atoms with Gasteiger partial charge in [0.1, 0.15) is 0 Å². The van der Waals surface area contributed by atoms with Gasteiger partial charge in [-0.15, -0.1) is 0 Å². The first-order valence-corrected chi connectivity index (χ1v) is 7.32. The van der Waals surface area contributed by atoms with Gasteiger partial charge in [0.2, 0.25) is 5.91 Å². The zero-order valence-electron chi connectivity index (χ0n) is 12.9. The number of amides is 1. The van der Waals surface area contributed by atoms with Crippen LogP contribution in [0.5, 0.6) is 0 Å². The van der Waals surface area contributed by atoms with E-state index < -0.39 is 0 Å². The lowest BCUT2D eigenvalue weighted by Gasteiger charge is -2.11. The SMILES string of the molecule is CCCC(=O)Nc1ccc(Nc2ccc(C)cc2C)cc1. The lowest BCUT2D eigenvalue weighted by Crippen LogP contribution is -2.10. The minimum Gasteiger partial charge on any atom is -0.355 e. The van der Waals surface area contributed by atoms with Crippen molar-refractivity contribution in [2.45, 2.75) is 33.6 Å². The lowest BCUT2D eigenvalue weighted by molar-refractivity contribution is -0.116. The highest BCUT2D eigenvalue weighted by atomic mass is 16.1. The predicted octanol–water partition coefficient (Wildman–Crippen LogP) is 4.79. The van der Waals surface area contributed by atoms with Crippen LogP contribution in [-0.2, 0) is 4.79 Å². The molecule has 0 fully saturated rings. The largest absolute Gasteiger partial charge is 0.355 e. The normalized spacial score (nSPS) is 10.2. The minimum absolute atomic E-state index is 0.0626. The number of nitrogens with one attached hydrogen (secondary N) is 2. The molecule has 0 unspecified atom stereocenters. The van der Waals surface area contributed by atoms with Gasteiger partial charge in [-0.05, 0) is 56.2 Å². The summed E-state index contributed by atoms with van der Waals surface area (Å²) in [6.07, 6.45) is 1.42. The van der Waals surface area contributed by atoms with E-state index in [0.29, 0.717) is 6.42 Å². The van der Waals surface area contributed by atoms with Crippen LogP contribution in [0.1, 0.15) is 30.9 Å². The van der Waals surface area contributed by atoms with E-state index in [1.54, 1.807) is 0 Å². The molecule has 2 aromatic carbocycles. The molecule has 0 aliphatic heterocycles. The quantitative estimate of drug-likeness (QED) is 0.828. The summed E-state index contributed by atoms with van der Waals surface area (Å²) in [5, 5.41) is 6.28. The molecule has 2 aromatic rings. The van der Waals surface area contributed by atoms with Gasteiger partial charge in [0.05, 0.1) is 0 Å². The topological polar surface area (TPSA) is 41.1 Å². The zero-order valence-corrected chi connectivity index (χ0v) is 12.9. The Kier molecular flexibility index (Phi) is 4.99. The van der Waals surface area contributed by atoms with Gasteiger partial charge in [-0.25, -0.2) is 0 Å². The van der Waals surface area contributed by atoms with Crippen LogP contribution in [0, 0.1) is 13.8 Å². The highest BCUT2D eigenvalue weighted by Gasteiger charge is 2.02. The Morgan fingerprint density at radius 1 is 1.00 bits per heavy atom. The molecule has 0 aliphatic rings. The molecular weight excluding hydrogens is 260 g/mol. The molecule has 0 saturated heterocycles. The Morgan fingerprint density at radius 3 is 2.29 bits per heavy atom. The van der Waals surface area contributed by atoms with Crippen LogP contribution in [0.15, 0.2) is 42.5 Å². The van der Waals surface area contributed by atoms with E-state index in [9.17, 15) is 4.79 Å². The summed E-state index contributed by atoms with van der Waals surface area (Å²) in [4.78, 5) is 11.5. The molecule has 0 bridgehead atoms. The van der Waals surface area contributed by atoms with Gasteiger partial charge in [0.15, 0.2) is 0 Å². The van der Waals surface area contributed by atoms with E-state index in [0.717, 1.165) is 23.5 Å². The highest BCUT2D eigenvalue weighted by Crippen LogP contribution is 2.22. The second kappa shape index (κ2) is 6.93. The van der Waals surface area contributed by atoms with E-state index in [2.05, 4.69) is 42.7 Å². The predicted molar refractivity (Wildman–Crippen MR) is 89.2 cm³/mol. The number of benzene rings is 2. The highest BCUT2D eigenvalue weighted by molar-refractivity contribution is 5.90. The minimum atomic E-state index is 0.0626. The summed E-state index contributed by atoms with van der Waals surface area (Å²) in [5.41, 5.74) is 5.42. The van der Waals surface area contributed by atoms with Crippen molar-refractivity contribution in [1.82, 2.24) is 0 Å². The molecule has 0 aromatic heterocycles. The first-order valence-electron chi connectivity index (χ1n) is 7.32. The third-order valence-electron chi connectivity index (χ3n) is 3.31. The maximum Gasteiger partial charge on any atom is 0.224 e. The number of anilines is 3. The third-order valence-corrected chi connectivity index (χ3v) is 3.31. The van der Waals surface area contributed by atoms with Gasteiger partial charge in [0.25, 0.3) is 0 Å². The molecule has 0 saturated carbocycles. The summed E-state index contributed by atoms with van der Waals surface area (Å²) in [6.45, 7) is 6.18. The van der Waals surface area contributed by atoms with Crippen molar-refractivity contribution in [3.05, 3.63) is 53.6 Å². The number of rotatable bonds is 5. The Bertz CT molecular complexity index is 618. The number of carbonyl (C=O) groups excluding carboxylic acids is 1. The van der Waals surface area contributed by atoms with Gasteiger partial charge in [-0.2, -0.15) is 0 Å². The Labute approximate surface area is 126 Å². The molecule has 0 atom stereocenters. The Morgan fingerprint density at radius 2 is 1.67 bits per heavy atom. The molecule has 3 heteroatoms. The molecule has 2 N–H and O–H groups in total. The van der Waals surface area contributed by atoms with Gasteiger partial charge in [0, 0.05) is 23.5 Å². The Balaban J connectivity index is 2.03. The zero-order chi connectivity index (χ0) is 15.2.